The minimum absolute atomic E-state index is 0.00916. The highest BCUT2D eigenvalue weighted by molar-refractivity contribution is 5.18. The molecule has 0 aromatic rings. The highest BCUT2D eigenvalue weighted by Crippen LogP contribution is 2.76. The van der Waals surface area contributed by atoms with Gasteiger partial charge < -0.3 is 9.84 Å². The molecule has 5 fully saturated rings. The Morgan fingerprint density at radius 3 is 2.03 bits per heavy atom. The molecule has 0 spiro atoms. The first kappa shape index (κ1) is 23.7. The summed E-state index contributed by atoms with van der Waals surface area (Å²) in [6, 6.07) is 0. The van der Waals surface area contributed by atoms with Crippen molar-refractivity contribution in [1.29, 1.82) is 0 Å². The summed E-state index contributed by atoms with van der Waals surface area (Å²) in [6.07, 6.45) is 14.8. The molecule has 5 rings (SSSR count). The van der Waals surface area contributed by atoms with Crippen molar-refractivity contribution in [3.8, 4) is 0 Å². The molecule has 0 aromatic heterocycles. The monoisotopic (exact) mass is 444 g/mol. The summed E-state index contributed by atoms with van der Waals surface area (Å²) in [4.78, 5) is 0. The van der Waals surface area contributed by atoms with E-state index in [1.165, 1.54) is 57.8 Å². The molecule has 4 saturated carbocycles. The summed E-state index contributed by atoms with van der Waals surface area (Å²) in [6.45, 7) is 19.6. The second kappa shape index (κ2) is 6.99. The number of hydrogen-bond donors (Lipinski definition) is 1. The quantitative estimate of drug-likeness (QED) is 0.471. The predicted molar refractivity (Wildman–Crippen MR) is 132 cm³/mol. The Morgan fingerprint density at radius 2 is 1.38 bits per heavy atom. The molecule has 32 heavy (non-hydrogen) atoms. The topological polar surface area (TPSA) is 29.5 Å². The van der Waals surface area contributed by atoms with E-state index >= 15 is 0 Å². The zero-order valence-electron chi connectivity index (χ0n) is 22.5. The lowest BCUT2D eigenvalue weighted by Crippen LogP contribution is -2.62. The summed E-state index contributed by atoms with van der Waals surface area (Å²) in [5.74, 6) is 3.23. The van der Waals surface area contributed by atoms with Gasteiger partial charge in [-0.1, -0.05) is 41.0 Å². The van der Waals surface area contributed by atoms with Gasteiger partial charge in [0.25, 0.3) is 0 Å². The second-order valence-electron chi connectivity index (χ2n) is 15.3. The normalized spacial score (nSPS) is 55.2. The van der Waals surface area contributed by atoms with E-state index in [2.05, 4.69) is 41.5 Å². The van der Waals surface area contributed by atoms with Crippen molar-refractivity contribution >= 4 is 0 Å². The summed E-state index contributed by atoms with van der Waals surface area (Å²) in [7, 11) is 0. The van der Waals surface area contributed by atoms with E-state index in [1.54, 1.807) is 0 Å². The van der Waals surface area contributed by atoms with Crippen molar-refractivity contribution in [2.24, 2.45) is 45.3 Å². The molecule has 0 radical (unpaired) electrons. The molecule has 4 aliphatic carbocycles. The van der Waals surface area contributed by atoms with Gasteiger partial charge in [0.1, 0.15) is 0 Å². The Bertz CT molecular complexity index is 750. The number of hydrogen-bond acceptors (Lipinski definition) is 2. The minimum Gasteiger partial charge on any atom is -0.388 e. The van der Waals surface area contributed by atoms with Gasteiger partial charge in [0.05, 0.1) is 17.3 Å². The summed E-state index contributed by atoms with van der Waals surface area (Å²) < 4.78 is 6.74. The molecule has 5 aliphatic rings. The zero-order valence-corrected chi connectivity index (χ0v) is 22.5. The van der Waals surface area contributed by atoms with E-state index in [-0.39, 0.29) is 11.7 Å². The molecule has 2 nitrogen and oxygen atoms in total. The van der Waals surface area contributed by atoms with Crippen molar-refractivity contribution in [2.75, 3.05) is 0 Å². The predicted octanol–water partition coefficient (Wildman–Crippen LogP) is 7.77. The smallest absolute Gasteiger partial charge is 0.0865 e. The van der Waals surface area contributed by atoms with Crippen LogP contribution in [0.5, 0.6) is 0 Å². The number of aliphatic hydroxyl groups is 1. The highest BCUT2D eigenvalue weighted by atomic mass is 16.5. The SMILES string of the molecule is CC(C)(O)[C@H]1CC[C@](C)([C@@H]2CC[C@]3(C)[C@@H]2CC[C@@H]2[C@@]4(C)CCCC(C)(C)[C@@H]4CC[C@]23C)O1. The molecule has 1 aliphatic heterocycles. The van der Waals surface area contributed by atoms with Crippen LogP contribution in [-0.4, -0.2) is 22.4 Å². The fourth-order valence-corrected chi connectivity index (χ4v) is 11.2. The van der Waals surface area contributed by atoms with Gasteiger partial charge in [-0.05, 0) is 130 Å². The average molecular weight is 445 g/mol. The van der Waals surface area contributed by atoms with Crippen LogP contribution in [0.4, 0.5) is 0 Å². The Morgan fingerprint density at radius 1 is 0.688 bits per heavy atom. The third kappa shape index (κ3) is 3.03. The second-order valence-corrected chi connectivity index (χ2v) is 15.3. The fourth-order valence-electron chi connectivity index (χ4n) is 11.2. The van der Waals surface area contributed by atoms with Crippen molar-refractivity contribution in [3.63, 3.8) is 0 Å². The summed E-state index contributed by atoms with van der Waals surface area (Å²) >= 11 is 0. The van der Waals surface area contributed by atoms with E-state index in [1.807, 2.05) is 13.8 Å². The molecular weight excluding hydrogens is 392 g/mol. The van der Waals surface area contributed by atoms with Gasteiger partial charge in [0.2, 0.25) is 0 Å². The Hall–Kier alpha value is -0.0800. The molecule has 1 heterocycles. The van der Waals surface area contributed by atoms with Crippen LogP contribution < -0.4 is 0 Å². The lowest BCUT2D eigenvalue weighted by atomic mass is 9.35. The van der Waals surface area contributed by atoms with E-state index in [4.69, 9.17) is 4.74 Å². The molecule has 0 aromatic carbocycles. The lowest BCUT2D eigenvalue weighted by molar-refractivity contribution is -0.211. The van der Waals surface area contributed by atoms with Crippen LogP contribution in [0.1, 0.15) is 126 Å². The number of ether oxygens (including phenoxy) is 1. The molecule has 2 heteroatoms. The Balaban J connectivity index is 1.44. The maximum absolute atomic E-state index is 10.6. The van der Waals surface area contributed by atoms with Gasteiger partial charge in [-0.15, -0.1) is 0 Å². The molecular formula is C30H52O2. The molecule has 1 N–H and O–H groups in total. The van der Waals surface area contributed by atoms with Crippen LogP contribution in [0, 0.1) is 45.3 Å². The third-order valence-electron chi connectivity index (χ3n) is 13.0. The molecule has 0 amide bonds. The number of rotatable bonds is 2. The first-order valence-electron chi connectivity index (χ1n) is 14.1. The molecule has 9 atom stereocenters. The largest absolute Gasteiger partial charge is 0.388 e. The maximum atomic E-state index is 10.6. The van der Waals surface area contributed by atoms with E-state index in [0.29, 0.717) is 27.6 Å². The van der Waals surface area contributed by atoms with Crippen LogP contribution in [0.3, 0.4) is 0 Å². The highest BCUT2D eigenvalue weighted by Gasteiger charge is 2.69. The molecule has 0 bridgehead atoms. The van der Waals surface area contributed by atoms with Gasteiger partial charge >= 0.3 is 0 Å². The van der Waals surface area contributed by atoms with Crippen LogP contribution in [0.25, 0.3) is 0 Å². The maximum Gasteiger partial charge on any atom is 0.0865 e. The van der Waals surface area contributed by atoms with Crippen LogP contribution in [-0.2, 0) is 4.74 Å². The van der Waals surface area contributed by atoms with E-state index < -0.39 is 5.60 Å². The first-order valence-corrected chi connectivity index (χ1v) is 14.1. The molecule has 1 saturated heterocycles. The molecule has 184 valence electrons. The van der Waals surface area contributed by atoms with E-state index in [9.17, 15) is 5.11 Å². The Kier molecular flexibility index (Phi) is 5.17. The third-order valence-corrected chi connectivity index (χ3v) is 13.0. The van der Waals surface area contributed by atoms with Gasteiger partial charge in [-0.2, -0.15) is 0 Å². The zero-order chi connectivity index (χ0) is 23.4. The van der Waals surface area contributed by atoms with Gasteiger partial charge in [0, 0.05) is 0 Å². The fraction of sp³-hybridized carbons (Fsp3) is 1.00. The first-order chi connectivity index (χ1) is 14.7. The van der Waals surface area contributed by atoms with Gasteiger partial charge in [0.15, 0.2) is 0 Å². The van der Waals surface area contributed by atoms with Crippen molar-refractivity contribution < 1.29 is 9.84 Å². The van der Waals surface area contributed by atoms with Crippen LogP contribution in [0.15, 0.2) is 0 Å². The standard InChI is InChI=1S/C30H52O2/c1-25(2)15-9-16-27(5)22(25)13-18-29(7)23(27)11-10-20-21(12-17-28(20,29)6)30(8)19-14-24(32-30)26(3,4)31/h20-24,31H,9-19H2,1-8H3/t20-,21-,22+,23-,24-,27+,28-,29-,30-/m1/s1. The van der Waals surface area contributed by atoms with Gasteiger partial charge in [-0.25, -0.2) is 0 Å². The lowest BCUT2D eigenvalue weighted by Gasteiger charge is -2.69. The summed E-state index contributed by atoms with van der Waals surface area (Å²) in [5.41, 5.74) is 1.17. The average Bonchev–Trinajstić information content (AvgIpc) is 3.23. The van der Waals surface area contributed by atoms with Crippen LogP contribution >= 0.6 is 0 Å². The number of fused-ring (bicyclic) bond motifs is 5. The Labute approximate surface area is 198 Å². The summed E-state index contributed by atoms with van der Waals surface area (Å²) in [5, 5.41) is 10.6. The minimum atomic E-state index is -0.732. The van der Waals surface area contributed by atoms with Crippen molar-refractivity contribution in [3.05, 3.63) is 0 Å². The van der Waals surface area contributed by atoms with Crippen LogP contribution in [0.2, 0.25) is 0 Å². The van der Waals surface area contributed by atoms with Crippen molar-refractivity contribution in [1.82, 2.24) is 0 Å². The molecule has 0 unspecified atom stereocenters. The van der Waals surface area contributed by atoms with E-state index in [0.717, 1.165) is 30.6 Å². The van der Waals surface area contributed by atoms with Crippen molar-refractivity contribution in [2.45, 2.75) is 143 Å². The van der Waals surface area contributed by atoms with Gasteiger partial charge in [-0.3, -0.25) is 0 Å².